The molecule has 0 aliphatic carbocycles. The summed E-state index contributed by atoms with van der Waals surface area (Å²) in [6.07, 6.45) is 4.14. The Morgan fingerprint density at radius 3 is 2.32 bits per heavy atom. The zero-order valence-electron chi connectivity index (χ0n) is 13.4. The SMILES string of the molecule is CCCNC(CCN(C)C(CC)CC)C(=O)OCC. The molecule has 0 bridgehead atoms. The van der Waals surface area contributed by atoms with Gasteiger partial charge in [0, 0.05) is 12.6 Å². The third-order valence-corrected chi connectivity index (χ3v) is 3.55. The lowest BCUT2D eigenvalue weighted by atomic mass is 10.1. The number of rotatable bonds is 11. The van der Waals surface area contributed by atoms with Gasteiger partial charge in [-0.05, 0) is 46.2 Å². The van der Waals surface area contributed by atoms with Crippen LogP contribution >= 0.6 is 0 Å². The number of nitrogens with zero attached hydrogens (tertiary/aromatic N) is 1. The van der Waals surface area contributed by atoms with Gasteiger partial charge in [0.2, 0.25) is 0 Å². The number of nitrogens with one attached hydrogen (secondary N) is 1. The Balaban J connectivity index is 4.27. The molecule has 4 heteroatoms. The molecule has 0 saturated heterocycles. The minimum atomic E-state index is -0.170. The molecule has 1 N–H and O–H groups in total. The largest absolute Gasteiger partial charge is 0.465 e. The first-order chi connectivity index (χ1) is 9.10. The monoisotopic (exact) mass is 272 g/mol. The van der Waals surface area contributed by atoms with Crippen molar-refractivity contribution in [3.8, 4) is 0 Å². The van der Waals surface area contributed by atoms with Crippen LogP contribution in [-0.2, 0) is 9.53 Å². The molecule has 0 spiro atoms. The Bertz CT molecular complexity index is 230. The van der Waals surface area contributed by atoms with Gasteiger partial charge >= 0.3 is 5.97 Å². The zero-order valence-corrected chi connectivity index (χ0v) is 13.4. The number of ether oxygens (including phenoxy) is 1. The van der Waals surface area contributed by atoms with Gasteiger partial charge in [-0.1, -0.05) is 20.8 Å². The molecule has 0 heterocycles. The van der Waals surface area contributed by atoms with Gasteiger partial charge < -0.3 is 15.0 Å². The number of esters is 1. The van der Waals surface area contributed by atoms with E-state index in [0.29, 0.717) is 12.6 Å². The number of carbonyl (C=O) groups excluding carboxylic acids is 1. The Morgan fingerprint density at radius 1 is 1.21 bits per heavy atom. The average Bonchev–Trinajstić information content (AvgIpc) is 2.40. The van der Waals surface area contributed by atoms with E-state index in [1.807, 2.05) is 6.92 Å². The van der Waals surface area contributed by atoms with Gasteiger partial charge in [0.25, 0.3) is 0 Å². The molecule has 4 nitrogen and oxygen atoms in total. The summed E-state index contributed by atoms with van der Waals surface area (Å²) in [7, 11) is 2.14. The molecule has 19 heavy (non-hydrogen) atoms. The van der Waals surface area contributed by atoms with Gasteiger partial charge in [-0.3, -0.25) is 4.79 Å². The first kappa shape index (κ1) is 18.4. The highest BCUT2D eigenvalue weighted by Gasteiger charge is 2.20. The maximum Gasteiger partial charge on any atom is 0.323 e. The van der Waals surface area contributed by atoms with Crippen LogP contribution < -0.4 is 5.32 Å². The van der Waals surface area contributed by atoms with Crippen LogP contribution in [-0.4, -0.2) is 49.7 Å². The van der Waals surface area contributed by atoms with E-state index in [4.69, 9.17) is 4.74 Å². The van der Waals surface area contributed by atoms with Gasteiger partial charge in [0.15, 0.2) is 0 Å². The Kier molecular flexibility index (Phi) is 10.9. The normalized spacial score (nSPS) is 13.0. The highest BCUT2D eigenvalue weighted by Crippen LogP contribution is 2.08. The van der Waals surface area contributed by atoms with Gasteiger partial charge in [0.05, 0.1) is 6.61 Å². The van der Waals surface area contributed by atoms with Crippen molar-refractivity contribution in [2.24, 2.45) is 0 Å². The van der Waals surface area contributed by atoms with Crippen molar-refractivity contribution in [2.45, 2.75) is 65.5 Å². The van der Waals surface area contributed by atoms with Crippen molar-refractivity contribution >= 4 is 5.97 Å². The Hall–Kier alpha value is -0.610. The van der Waals surface area contributed by atoms with Crippen LogP contribution in [0.1, 0.15) is 53.4 Å². The summed E-state index contributed by atoms with van der Waals surface area (Å²) in [5.74, 6) is -0.117. The lowest BCUT2D eigenvalue weighted by molar-refractivity contribution is -0.145. The smallest absolute Gasteiger partial charge is 0.323 e. The molecule has 0 fully saturated rings. The molecular weight excluding hydrogens is 240 g/mol. The predicted molar refractivity (Wildman–Crippen MR) is 80.3 cm³/mol. The maximum absolute atomic E-state index is 11.9. The Labute approximate surface area is 118 Å². The molecular formula is C15H32N2O2. The summed E-state index contributed by atoms with van der Waals surface area (Å²) in [5.41, 5.74) is 0. The standard InChI is InChI=1S/C15H32N2O2/c1-6-11-16-14(15(18)19-9-4)10-12-17(5)13(7-2)8-3/h13-14,16H,6-12H2,1-5H3. The molecule has 0 aromatic heterocycles. The number of hydrogen-bond donors (Lipinski definition) is 1. The highest BCUT2D eigenvalue weighted by atomic mass is 16.5. The molecule has 0 radical (unpaired) electrons. The summed E-state index contributed by atoms with van der Waals surface area (Å²) in [5, 5.41) is 3.28. The van der Waals surface area contributed by atoms with E-state index in [2.05, 4.69) is 38.0 Å². The fourth-order valence-corrected chi connectivity index (χ4v) is 2.29. The van der Waals surface area contributed by atoms with E-state index in [0.717, 1.165) is 38.8 Å². The highest BCUT2D eigenvalue weighted by molar-refractivity contribution is 5.75. The van der Waals surface area contributed by atoms with Gasteiger partial charge in [0.1, 0.15) is 6.04 Å². The first-order valence-corrected chi connectivity index (χ1v) is 7.70. The fraction of sp³-hybridized carbons (Fsp3) is 0.933. The first-order valence-electron chi connectivity index (χ1n) is 7.70. The van der Waals surface area contributed by atoms with Crippen LogP contribution in [0.4, 0.5) is 0 Å². The third-order valence-electron chi connectivity index (χ3n) is 3.55. The molecule has 0 aliphatic heterocycles. The molecule has 0 aromatic rings. The van der Waals surface area contributed by atoms with Crippen LogP contribution in [0.5, 0.6) is 0 Å². The predicted octanol–water partition coefficient (Wildman–Crippen LogP) is 2.43. The molecule has 0 amide bonds. The molecule has 0 aliphatic rings. The van der Waals surface area contributed by atoms with E-state index in [-0.39, 0.29) is 12.0 Å². The van der Waals surface area contributed by atoms with Crippen molar-refractivity contribution in [2.75, 3.05) is 26.7 Å². The molecule has 0 rings (SSSR count). The van der Waals surface area contributed by atoms with E-state index in [9.17, 15) is 4.79 Å². The van der Waals surface area contributed by atoms with Gasteiger partial charge in [-0.2, -0.15) is 0 Å². The van der Waals surface area contributed by atoms with Crippen molar-refractivity contribution < 1.29 is 9.53 Å². The summed E-state index contributed by atoms with van der Waals surface area (Å²) >= 11 is 0. The van der Waals surface area contributed by atoms with E-state index < -0.39 is 0 Å². The fourth-order valence-electron chi connectivity index (χ4n) is 2.29. The van der Waals surface area contributed by atoms with Crippen LogP contribution in [0.3, 0.4) is 0 Å². The van der Waals surface area contributed by atoms with E-state index >= 15 is 0 Å². The van der Waals surface area contributed by atoms with Crippen LogP contribution in [0, 0.1) is 0 Å². The quantitative estimate of drug-likeness (QED) is 0.587. The second-order valence-corrected chi connectivity index (χ2v) is 5.00. The van der Waals surface area contributed by atoms with Crippen LogP contribution in [0.15, 0.2) is 0 Å². The molecule has 1 atom stereocenters. The van der Waals surface area contributed by atoms with Crippen molar-refractivity contribution in [3.05, 3.63) is 0 Å². The van der Waals surface area contributed by atoms with Crippen LogP contribution in [0.25, 0.3) is 0 Å². The van der Waals surface area contributed by atoms with Crippen molar-refractivity contribution in [3.63, 3.8) is 0 Å². The lowest BCUT2D eigenvalue weighted by Crippen LogP contribution is -2.42. The van der Waals surface area contributed by atoms with Crippen LogP contribution in [0.2, 0.25) is 0 Å². The van der Waals surface area contributed by atoms with Gasteiger partial charge in [-0.25, -0.2) is 0 Å². The van der Waals surface area contributed by atoms with Gasteiger partial charge in [-0.15, -0.1) is 0 Å². The minimum Gasteiger partial charge on any atom is -0.465 e. The molecule has 114 valence electrons. The second-order valence-electron chi connectivity index (χ2n) is 5.00. The minimum absolute atomic E-state index is 0.117. The van der Waals surface area contributed by atoms with E-state index in [1.165, 1.54) is 0 Å². The molecule has 0 aromatic carbocycles. The average molecular weight is 272 g/mol. The van der Waals surface area contributed by atoms with E-state index in [1.54, 1.807) is 0 Å². The third kappa shape index (κ3) is 7.53. The topological polar surface area (TPSA) is 41.6 Å². The Morgan fingerprint density at radius 2 is 1.84 bits per heavy atom. The zero-order chi connectivity index (χ0) is 14.7. The summed E-state index contributed by atoms with van der Waals surface area (Å²) in [4.78, 5) is 14.2. The van der Waals surface area contributed by atoms with Crippen molar-refractivity contribution in [1.29, 1.82) is 0 Å². The second kappa shape index (κ2) is 11.2. The summed E-state index contributed by atoms with van der Waals surface area (Å²) in [6, 6.07) is 0.436. The summed E-state index contributed by atoms with van der Waals surface area (Å²) in [6.45, 7) is 10.6. The van der Waals surface area contributed by atoms with Crippen molar-refractivity contribution in [1.82, 2.24) is 10.2 Å². The number of carbonyl (C=O) groups is 1. The molecule has 0 saturated carbocycles. The lowest BCUT2D eigenvalue weighted by Gasteiger charge is -2.27. The maximum atomic E-state index is 11.9. The number of hydrogen-bond acceptors (Lipinski definition) is 4. The summed E-state index contributed by atoms with van der Waals surface area (Å²) < 4.78 is 5.13. The molecule has 1 unspecified atom stereocenters.